The first kappa shape index (κ1) is 23.5. The van der Waals surface area contributed by atoms with Crippen LogP contribution in [0.5, 0.6) is 0 Å². The van der Waals surface area contributed by atoms with Gasteiger partial charge in [-0.25, -0.2) is 0 Å². The fourth-order valence-corrected chi connectivity index (χ4v) is 3.23. The van der Waals surface area contributed by atoms with Gasteiger partial charge < -0.3 is 20.9 Å². The van der Waals surface area contributed by atoms with Crippen molar-refractivity contribution in [1.29, 1.82) is 0 Å². The van der Waals surface area contributed by atoms with E-state index in [0.717, 1.165) is 49.3 Å². The summed E-state index contributed by atoms with van der Waals surface area (Å²) in [4.78, 5) is 16.9. The van der Waals surface area contributed by atoms with E-state index in [4.69, 9.17) is 5.73 Å². The van der Waals surface area contributed by atoms with Crippen molar-refractivity contribution in [2.45, 2.75) is 20.3 Å². The molecule has 0 spiro atoms. The van der Waals surface area contributed by atoms with Crippen molar-refractivity contribution in [3.05, 3.63) is 22.2 Å². The summed E-state index contributed by atoms with van der Waals surface area (Å²) in [5, 5.41) is 2.92. The molecule has 8 heteroatoms. The van der Waals surface area contributed by atoms with Crippen LogP contribution in [0.1, 0.15) is 18.9 Å². The van der Waals surface area contributed by atoms with Gasteiger partial charge in [0.15, 0.2) is 0 Å². The Morgan fingerprint density at radius 2 is 1.79 bits per heavy atom. The monoisotopic (exact) mass is 440 g/mol. The quantitative estimate of drug-likeness (QED) is 0.689. The van der Waals surface area contributed by atoms with E-state index in [2.05, 4.69) is 38.0 Å². The van der Waals surface area contributed by atoms with Gasteiger partial charge in [-0.15, -0.1) is 24.8 Å². The second-order valence-electron chi connectivity index (χ2n) is 5.76. The van der Waals surface area contributed by atoms with E-state index in [-0.39, 0.29) is 30.7 Å². The number of halogens is 3. The van der Waals surface area contributed by atoms with E-state index in [0.29, 0.717) is 17.8 Å². The minimum atomic E-state index is 0. The van der Waals surface area contributed by atoms with Crippen LogP contribution in [0.4, 0.5) is 11.4 Å². The smallest absolute Gasteiger partial charge is 0.225 e. The number of aryl methyl sites for hydroxylation is 1. The number of rotatable bonds is 5. The summed E-state index contributed by atoms with van der Waals surface area (Å²) in [7, 11) is 0. The Morgan fingerprint density at radius 1 is 1.21 bits per heavy atom. The summed E-state index contributed by atoms with van der Waals surface area (Å²) in [6.45, 7) is 10.3. The molecule has 0 aliphatic carbocycles. The second kappa shape index (κ2) is 11.2. The summed E-state index contributed by atoms with van der Waals surface area (Å²) >= 11 is 3.43. The zero-order valence-corrected chi connectivity index (χ0v) is 17.4. The Bertz CT molecular complexity index is 537. The molecule has 1 saturated heterocycles. The largest absolute Gasteiger partial charge is 0.397 e. The molecular formula is C16H27BrCl2N4O. The number of piperazine rings is 1. The molecule has 0 saturated carbocycles. The van der Waals surface area contributed by atoms with Crippen LogP contribution in [0.15, 0.2) is 16.6 Å². The fraction of sp³-hybridized carbons (Fsp3) is 0.562. The van der Waals surface area contributed by atoms with E-state index in [1.54, 1.807) is 0 Å². The summed E-state index contributed by atoms with van der Waals surface area (Å²) < 4.78 is 0.921. The van der Waals surface area contributed by atoms with Crippen LogP contribution in [0, 0.1) is 6.92 Å². The Kier molecular flexibility index (Phi) is 10.9. The Balaban J connectivity index is 0.00000264. The second-order valence-corrected chi connectivity index (χ2v) is 6.67. The van der Waals surface area contributed by atoms with Crippen LogP contribution >= 0.6 is 40.7 Å². The third-order valence-corrected chi connectivity index (χ3v) is 4.65. The maximum atomic E-state index is 12.1. The molecule has 0 unspecified atom stereocenters. The number of nitrogens with two attached hydrogens (primary N) is 1. The number of nitrogens with one attached hydrogen (secondary N) is 1. The molecule has 1 heterocycles. The van der Waals surface area contributed by atoms with Gasteiger partial charge in [0.1, 0.15) is 0 Å². The number of hydrogen-bond donors (Lipinski definition) is 2. The molecule has 1 aliphatic rings. The number of anilines is 2. The third-order valence-electron chi connectivity index (χ3n) is 4.19. The van der Waals surface area contributed by atoms with E-state index in [9.17, 15) is 4.79 Å². The number of carbonyl (C=O) groups is 1. The Morgan fingerprint density at radius 3 is 2.38 bits per heavy atom. The topological polar surface area (TPSA) is 61.6 Å². The van der Waals surface area contributed by atoms with Crippen molar-refractivity contribution in [2.24, 2.45) is 0 Å². The van der Waals surface area contributed by atoms with Gasteiger partial charge in [-0.2, -0.15) is 0 Å². The molecule has 0 bridgehead atoms. The molecule has 1 aliphatic heterocycles. The molecule has 2 rings (SSSR count). The zero-order valence-electron chi connectivity index (χ0n) is 14.2. The predicted octanol–water partition coefficient (Wildman–Crippen LogP) is 3.15. The van der Waals surface area contributed by atoms with E-state index in [1.807, 2.05) is 19.1 Å². The number of nitrogens with zero attached hydrogens (tertiary/aromatic N) is 2. The predicted molar refractivity (Wildman–Crippen MR) is 110 cm³/mol. The zero-order chi connectivity index (χ0) is 16.1. The first-order chi connectivity index (χ1) is 10.5. The van der Waals surface area contributed by atoms with Crippen molar-refractivity contribution >= 4 is 58.0 Å². The molecule has 0 atom stereocenters. The molecule has 138 valence electrons. The van der Waals surface area contributed by atoms with Crippen LogP contribution in [0.2, 0.25) is 0 Å². The van der Waals surface area contributed by atoms with Gasteiger partial charge in [-0.1, -0.05) is 22.9 Å². The maximum Gasteiger partial charge on any atom is 0.225 e. The van der Waals surface area contributed by atoms with Crippen LogP contribution in [0.25, 0.3) is 0 Å². The van der Waals surface area contributed by atoms with Crippen molar-refractivity contribution in [2.75, 3.05) is 50.3 Å². The number of carbonyl (C=O) groups excluding carboxylic acids is 1. The average Bonchev–Trinajstić information content (AvgIpc) is 2.50. The summed E-state index contributed by atoms with van der Waals surface area (Å²) in [5.41, 5.74) is 8.30. The highest BCUT2D eigenvalue weighted by molar-refractivity contribution is 9.10. The van der Waals surface area contributed by atoms with Gasteiger partial charge >= 0.3 is 0 Å². The van der Waals surface area contributed by atoms with E-state index < -0.39 is 0 Å². The Labute approximate surface area is 165 Å². The molecule has 1 aromatic rings. The molecule has 24 heavy (non-hydrogen) atoms. The third kappa shape index (κ3) is 6.76. The van der Waals surface area contributed by atoms with Gasteiger partial charge in [-0.05, 0) is 31.2 Å². The first-order valence-electron chi connectivity index (χ1n) is 7.79. The summed E-state index contributed by atoms with van der Waals surface area (Å²) in [5.74, 6) is 0.0159. The lowest BCUT2D eigenvalue weighted by molar-refractivity contribution is -0.116. The van der Waals surface area contributed by atoms with Gasteiger partial charge in [0, 0.05) is 43.6 Å². The lowest BCUT2D eigenvalue weighted by Gasteiger charge is -2.33. The summed E-state index contributed by atoms with van der Waals surface area (Å²) in [6.07, 6.45) is 0.497. The average molecular weight is 442 g/mol. The fourth-order valence-electron chi connectivity index (χ4n) is 2.66. The van der Waals surface area contributed by atoms with Gasteiger partial charge in [-0.3, -0.25) is 4.79 Å². The van der Waals surface area contributed by atoms with Crippen LogP contribution in [-0.4, -0.2) is 55.0 Å². The maximum absolute atomic E-state index is 12.1. The SMILES string of the molecule is CCN1CCN(CCC(=O)Nc2cc(Br)cc(C)c2N)CC1.Cl.Cl. The Hall–Kier alpha value is -0.530. The first-order valence-corrected chi connectivity index (χ1v) is 8.59. The van der Waals surface area contributed by atoms with Gasteiger partial charge in [0.25, 0.3) is 0 Å². The van der Waals surface area contributed by atoms with Crippen molar-refractivity contribution in [1.82, 2.24) is 9.80 Å². The highest BCUT2D eigenvalue weighted by atomic mass is 79.9. The molecule has 0 radical (unpaired) electrons. The van der Waals surface area contributed by atoms with Crippen molar-refractivity contribution in [3.8, 4) is 0 Å². The normalized spacial score (nSPS) is 15.3. The lowest BCUT2D eigenvalue weighted by Crippen LogP contribution is -2.46. The van der Waals surface area contributed by atoms with Crippen molar-refractivity contribution < 1.29 is 4.79 Å². The van der Waals surface area contributed by atoms with E-state index in [1.165, 1.54) is 0 Å². The number of nitrogen functional groups attached to an aromatic ring is 1. The molecule has 0 aromatic heterocycles. The number of hydrogen-bond acceptors (Lipinski definition) is 4. The number of likely N-dealkylation sites (N-methyl/N-ethyl adjacent to an activating group) is 1. The van der Waals surface area contributed by atoms with Gasteiger partial charge in [0.2, 0.25) is 5.91 Å². The molecule has 1 aromatic carbocycles. The molecular weight excluding hydrogens is 415 g/mol. The molecule has 1 fully saturated rings. The summed E-state index contributed by atoms with van der Waals surface area (Å²) in [6, 6.07) is 3.79. The number of amides is 1. The van der Waals surface area contributed by atoms with Crippen LogP contribution < -0.4 is 11.1 Å². The van der Waals surface area contributed by atoms with Crippen LogP contribution in [-0.2, 0) is 4.79 Å². The van der Waals surface area contributed by atoms with E-state index >= 15 is 0 Å². The number of benzene rings is 1. The minimum absolute atomic E-state index is 0. The van der Waals surface area contributed by atoms with Gasteiger partial charge in [0.05, 0.1) is 11.4 Å². The van der Waals surface area contributed by atoms with Crippen LogP contribution in [0.3, 0.4) is 0 Å². The standard InChI is InChI=1S/C16H25BrN4O.2ClH/c1-3-20-6-8-21(9-7-20)5-4-15(22)19-14-11-13(17)10-12(2)16(14)18;;/h10-11H,3-9,18H2,1-2H3,(H,19,22);2*1H. The lowest BCUT2D eigenvalue weighted by atomic mass is 10.1. The molecule has 3 N–H and O–H groups in total. The highest BCUT2D eigenvalue weighted by Crippen LogP contribution is 2.27. The molecule has 1 amide bonds. The highest BCUT2D eigenvalue weighted by Gasteiger charge is 2.16. The van der Waals surface area contributed by atoms with Crippen molar-refractivity contribution in [3.63, 3.8) is 0 Å². The molecule has 5 nitrogen and oxygen atoms in total. The minimum Gasteiger partial charge on any atom is -0.397 e.